The summed E-state index contributed by atoms with van der Waals surface area (Å²) in [7, 11) is 1.38. The number of nitrogens with one attached hydrogen (secondary N) is 1. The van der Waals surface area contributed by atoms with Gasteiger partial charge in [0.2, 0.25) is 0 Å². The lowest BCUT2D eigenvalue weighted by Crippen LogP contribution is -2.11. The zero-order valence-corrected chi connectivity index (χ0v) is 11.3. The van der Waals surface area contributed by atoms with Crippen LogP contribution in [-0.4, -0.2) is 13.1 Å². The molecule has 0 amide bonds. The van der Waals surface area contributed by atoms with Crippen molar-refractivity contribution < 1.29 is 13.9 Å². The second-order valence-electron chi connectivity index (χ2n) is 4.42. The molecule has 0 saturated carbocycles. The summed E-state index contributed by atoms with van der Waals surface area (Å²) in [6.07, 6.45) is 1.63. The Balaban J connectivity index is 2.27. The number of rotatable bonds is 4. The predicted molar refractivity (Wildman–Crippen MR) is 73.3 cm³/mol. The number of hydrogen-bond acceptors (Lipinski definition) is 4. The van der Waals surface area contributed by atoms with Gasteiger partial charge >= 0.3 is 5.97 Å². The average Bonchev–Trinajstić information content (AvgIpc) is 2.94. The number of carbonyl (C=O) groups is 1. The van der Waals surface area contributed by atoms with Gasteiger partial charge in [0, 0.05) is 5.69 Å². The maximum atomic E-state index is 11.8. The lowest BCUT2D eigenvalue weighted by atomic mass is 10.1. The Bertz CT molecular complexity index is 561. The summed E-state index contributed by atoms with van der Waals surface area (Å²) < 4.78 is 10.1. The van der Waals surface area contributed by atoms with Crippen LogP contribution < -0.4 is 5.32 Å². The van der Waals surface area contributed by atoms with Crippen molar-refractivity contribution in [2.45, 2.75) is 19.9 Å². The third-order valence-electron chi connectivity index (χ3n) is 2.92. The third kappa shape index (κ3) is 2.96. The molecular weight excluding hydrogens is 242 g/mol. The smallest absolute Gasteiger partial charge is 0.339 e. The zero-order valence-electron chi connectivity index (χ0n) is 11.3. The van der Waals surface area contributed by atoms with Gasteiger partial charge in [-0.1, -0.05) is 11.6 Å². The van der Waals surface area contributed by atoms with Crippen LogP contribution in [0.5, 0.6) is 0 Å². The lowest BCUT2D eigenvalue weighted by molar-refractivity contribution is 0.0601. The van der Waals surface area contributed by atoms with Crippen LogP contribution in [0.25, 0.3) is 0 Å². The highest BCUT2D eigenvalue weighted by Gasteiger charge is 2.15. The molecule has 2 aromatic rings. The number of anilines is 1. The van der Waals surface area contributed by atoms with Crippen LogP contribution in [0.2, 0.25) is 0 Å². The third-order valence-corrected chi connectivity index (χ3v) is 2.92. The summed E-state index contributed by atoms with van der Waals surface area (Å²) in [4.78, 5) is 11.8. The molecule has 1 atom stereocenters. The van der Waals surface area contributed by atoms with E-state index in [0.717, 1.165) is 17.0 Å². The number of carbonyl (C=O) groups excluding carboxylic acids is 1. The summed E-state index contributed by atoms with van der Waals surface area (Å²) in [5.74, 6) is 0.467. The minimum Gasteiger partial charge on any atom is -0.467 e. The van der Waals surface area contributed by atoms with E-state index in [4.69, 9.17) is 9.15 Å². The first-order chi connectivity index (χ1) is 9.11. The molecule has 0 spiro atoms. The molecule has 0 radical (unpaired) electrons. The Kier molecular flexibility index (Phi) is 3.90. The van der Waals surface area contributed by atoms with E-state index in [1.165, 1.54) is 7.11 Å². The van der Waals surface area contributed by atoms with Crippen molar-refractivity contribution >= 4 is 11.7 Å². The summed E-state index contributed by atoms with van der Waals surface area (Å²) in [6.45, 7) is 3.91. The fourth-order valence-corrected chi connectivity index (χ4v) is 1.90. The van der Waals surface area contributed by atoms with Crippen LogP contribution in [0.3, 0.4) is 0 Å². The summed E-state index contributed by atoms with van der Waals surface area (Å²) in [5.41, 5.74) is 2.28. The number of esters is 1. The standard InChI is InChI=1S/C15H17NO3/c1-10-6-7-13(12(9-10)15(17)18-3)16-11(2)14-5-4-8-19-14/h4-9,11,16H,1-3H3. The lowest BCUT2D eigenvalue weighted by Gasteiger charge is -2.16. The molecule has 19 heavy (non-hydrogen) atoms. The summed E-state index contributed by atoms with van der Waals surface area (Å²) in [6, 6.07) is 9.34. The maximum absolute atomic E-state index is 11.8. The van der Waals surface area contributed by atoms with Crippen LogP contribution >= 0.6 is 0 Å². The SMILES string of the molecule is COC(=O)c1cc(C)ccc1NC(C)c1ccco1. The Morgan fingerprint density at radius 3 is 2.79 bits per heavy atom. The van der Waals surface area contributed by atoms with Crippen molar-refractivity contribution in [3.05, 3.63) is 53.5 Å². The molecule has 2 rings (SSSR count). The van der Waals surface area contributed by atoms with Crippen molar-refractivity contribution in [3.8, 4) is 0 Å². The number of hydrogen-bond donors (Lipinski definition) is 1. The highest BCUT2D eigenvalue weighted by molar-refractivity contribution is 5.95. The Morgan fingerprint density at radius 2 is 2.16 bits per heavy atom. The Morgan fingerprint density at radius 1 is 1.37 bits per heavy atom. The maximum Gasteiger partial charge on any atom is 0.339 e. The van der Waals surface area contributed by atoms with Gasteiger partial charge in [0.15, 0.2) is 0 Å². The second kappa shape index (κ2) is 5.61. The van der Waals surface area contributed by atoms with E-state index in [9.17, 15) is 4.79 Å². The van der Waals surface area contributed by atoms with E-state index in [2.05, 4.69) is 5.32 Å². The molecule has 0 saturated heterocycles. The highest BCUT2D eigenvalue weighted by Crippen LogP contribution is 2.24. The van der Waals surface area contributed by atoms with Crippen molar-refractivity contribution in [2.24, 2.45) is 0 Å². The molecule has 1 unspecified atom stereocenters. The van der Waals surface area contributed by atoms with Crippen LogP contribution in [-0.2, 0) is 4.74 Å². The monoisotopic (exact) mass is 259 g/mol. The van der Waals surface area contributed by atoms with Gasteiger partial charge in [0.25, 0.3) is 0 Å². The molecule has 100 valence electrons. The molecule has 0 bridgehead atoms. The number of benzene rings is 1. The van der Waals surface area contributed by atoms with Crippen molar-refractivity contribution in [3.63, 3.8) is 0 Å². The molecular formula is C15H17NO3. The minimum absolute atomic E-state index is 0.0267. The largest absolute Gasteiger partial charge is 0.467 e. The van der Waals surface area contributed by atoms with E-state index in [0.29, 0.717) is 5.56 Å². The number of furan rings is 1. The Labute approximate surface area is 112 Å². The molecule has 0 fully saturated rings. The van der Waals surface area contributed by atoms with Crippen molar-refractivity contribution in [1.82, 2.24) is 0 Å². The molecule has 1 aromatic heterocycles. The highest BCUT2D eigenvalue weighted by atomic mass is 16.5. The average molecular weight is 259 g/mol. The fraction of sp³-hybridized carbons (Fsp3) is 0.267. The molecule has 0 aliphatic heterocycles. The first kappa shape index (κ1) is 13.2. The van der Waals surface area contributed by atoms with Crippen LogP contribution in [0.1, 0.15) is 34.6 Å². The summed E-state index contributed by atoms with van der Waals surface area (Å²) in [5, 5.41) is 3.26. The molecule has 1 aromatic carbocycles. The van der Waals surface area contributed by atoms with Gasteiger partial charge in [-0.3, -0.25) is 0 Å². The van der Waals surface area contributed by atoms with E-state index < -0.39 is 0 Å². The molecule has 0 aliphatic rings. The first-order valence-corrected chi connectivity index (χ1v) is 6.10. The number of aryl methyl sites for hydroxylation is 1. The zero-order chi connectivity index (χ0) is 13.8. The van der Waals surface area contributed by atoms with Gasteiger partial charge in [-0.2, -0.15) is 0 Å². The molecule has 1 heterocycles. The van der Waals surface area contributed by atoms with E-state index in [-0.39, 0.29) is 12.0 Å². The molecule has 4 heteroatoms. The molecule has 1 N–H and O–H groups in total. The topological polar surface area (TPSA) is 51.5 Å². The van der Waals surface area contributed by atoms with E-state index in [1.807, 2.05) is 44.2 Å². The van der Waals surface area contributed by atoms with Gasteiger partial charge in [-0.05, 0) is 38.1 Å². The summed E-state index contributed by atoms with van der Waals surface area (Å²) >= 11 is 0. The predicted octanol–water partition coefficient (Wildman–Crippen LogP) is 3.55. The number of ether oxygens (including phenoxy) is 1. The van der Waals surface area contributed by atoms with Crippen molar-refractivity contribution in [2.75, 3.05) is 12.4 Å². The fourth-order valence-electron chi connectivity index (χ4n) is 1.90. The van der Waals surface area contributed by atoms with Gasteiger partial charge < -0.3 is 14.5 Å². The Hall–Kier alpha value is -2.23. The van der Waals surface area contributed by atoms with Gasteiger partial charge in [-0.25, -0.2) is 4.79 Å². The van der Waals surface area contributed by atoms with Crippen molar-refractivity contribution in [1.29, 1.82) is 0 Å². The van der Waals surface area contributed by atoms with Gasteiger partial charge in [0.05, 0.1) is 25.0 Å². The van der Waals surface area contributed by atoms with Gasteiger partial charge in [0.1, 0.15) is 5.76 Å². The van der Waals surface area contributed by atoms with Gasteiger partial charge in [-0.15, -0.1) is 0 Å². The van der Waals surface area contributed by atoms with E-state index >= 15 is 0 Å². The van der Waals surface area contributed by atoms with Crippen LogP contribution in [0, 0.1) is 6.92 Å². The van der Waals surface area contributed by atoms with Crippen LogP contribution in [0.4, 0.5) is 5.69 Å². The molecule has 4 nitrogen and oxygen atoms in total. The normalized spacial score (nSPS) is 11.9. The quantitative estimate of drug-likeness (QED) is 0.853. The molecule has 0 aliphatic carbocycles. The van der Waals surface area contributed by atoms with Crippen LogP contribution in [0.15, 0.2) is 41.0 Å². The first-order valence-electron chi connectivity index (χ1n) is 6.10. The second-order valence-corrected chi connectivity index (χ2v) is 4.42. The number of methoxy groups -OCH3 is 1. The van der Waals surface area contributed by atoms with E-state index in [1.54, 1.807) is 6.26 Å². The minimum atomic E-state index is -0.349.